The molecule has 2 aromatic carbocycles. The van der Waals surface area contributed by atoms with Gasteiger partial charge in [-0.25, -0.2) is 0 Å². The lowest BCUT2D eigenvalue weighted by Crippen LogP contribution is -2.39. The number of β-amino-alcohol motifs (C(OH)–C–C–N with tert-alkyl or cyclic N) is 1. The number of carbonyl (C=O) groups is 2. The first-order valence-electron chi connectivity index (χ1n) is 10.5. The molecule has 0 spiro atoms. The highest BCUT2D eigenvalue weighted by atomic mass is 16.5. The SMILES string of the molecule is Cc1ccccc1[C@H](OC[C@H](O)CN1C(=O)[C@H]2CC=CC[C@@H]2C1=O)c1ccccc1. The molecule has 1 heterocycles. The van der Waals surface area contributed by atoms with Crippen LogP contribution in [0, 0.1) is 18.8 Å². The Labute approximate surface area is 177 Å². The Morgan fingerprint density at radius 1 is 0.967 bits per heavy atom. The number of carbonyl (C=O) groups excluding carboxylic acids is 2. The molecule has 0 bridgehead atoms. The van der Waals surface area contributed by atoms with Gasteiger partial charge in [0.1, 0.15) is 6.10 Å². The van der Waals surface area contributed by atoms with Gasteiger partial charge in [0.05, 0.1) is 31.1 Å². The molecule has 2 amide bonds. The number of aliphatic hydroxyl groups excluding tert-OH is 1. The first-order valence-corrected chi connectivity index (χ1v) is 10.5. The van der Waals surface area contributed by atoms with E-state index in [0.29, 0.717) is 12.8 Å². The van der Waals surface area contributed by atoms with Crippen LogP contribution >= 0.6 is 0 Å². The van der Waals surface area contributed by atoms with Crippen molar-refractivity contribution in [2.45, 2.75) is 32.0 Å². The Morgan fingerprint density at radius 3 is 2.20 bits per heavy atom. The van der Waals surface area contributed by atoms with Gasteiger partial charge in [-0.1, -0.05) is 66.7 Å². The highest BCUT2D eigenvalue weighted by Crippen LogP contribution is 2.35. The summed E-state index contributed by atoms with van der Waals surface area (Å²) in [5.74, 6) is -0.905. The smallest absolute Gasteiger partial charge is 0.233 e. The van der Waals surface area contributed by atoms with E-state index in [9.17, 15) is 14.7 Å². The lowest BCUT2D eigenvalue weighted by atomic mass is 9.85. The number of allylic oxidation sites excluding steroid dienone is 2. The molecule has 1 saturated heterocycles. The zero-order chi connectivity index (χ0) is 21.1. The maximum atomic E-state index is 12.6. The van der Waals surface area contributed by atoms with Gasteiger partial charge in [-0.05, 0) is 36.5 Å². The van der Waals surface area contributed by atoms with E-state index >= 15 is 0 Å². The number of fused-ring (bicyclic) bond motifs is 1. The predicted molar refractivity (Wildman–Crippen MR) is 113 cm³/mol. The second-order valence-electron chi connectivity index (χ2n) is 8.08. The molecule has 1 N–H and O–H groups in total. The number of imide groups is 1. The molecule has 156 valence electrons. The van der Waals surface area contributed by atoms with Crippen molar-refractivity contribution < 1.29 is 19.4 Å². The summed E-state index contributed by atoms with van der Waals surface area (Å²) in [6.45, 7) is 2.03. The average molecular weight is 405 g/mol. The number of nitrogens with zero attached hydrogens (tertiary/aromatic N) is 1. The van der Waals surface area contributed by atoms with E-state index in [1.54, 1.807) is 0 Å². The molecular weight excluding hydrogens is 378 g/mol. The first-order chi connectivity index (χ1) is 14.6. The van der Waals surface area contributed by atoms with Gasteiger partial charge in [-0.3, -0.25) is 14.5 Å². The number of aliphatic hydroxyl groups is 1. The lowest BCUT2D eigenvalue weighted by molar-refractivity contribution is -0.142. The van der Waals surface area contributed by atoms with Crippen LogP contribution in [0.4, 0.5) is 0 Å². The molecule has 5 heteroatoms. The monoisotopic (exact) mass is 405 g/mol. The zero-order valence-corrected chi connectivity index (χ0v) is 17.1. The van der Waals surface area contributed by atoms with E-state index in [0.717, 1.165) is 16.7 Å². The van der Waals surface area contributed by atoms with E-state index in [-0.39, 0.29) is 42.9 Å². The molecule has 4 rings (SSSR count). The summed E-state index contributed by atoms with van der Waals surface area (Å²) < 4.78 is 6.14. The number of hydrogen-bond donors (Lipinski definition) is 1. The summed E-state index contributed by atoms with van der Waals surface area (Å²) in [6, 6.07) is 17.8. The summed E-state index contributed by atoms with van der Waals surface area (Å²) in [5.41, 5.74) is 3.12. The molecule has 4 atom stereocenters. The maximum absolute atomic E-state index is 12.6. The van der Waals surface area contributed by atoms with Crippen molar-refractivity contribution in [2.24, 2.45) is 11.8 Å². The third-order valence-corrected chi connectivity index (χ3v) is 6.02. The standard InChI is InChI=1S/C25H27NO4/c1-17-9-5-6-12-20(17)23(18-10-3-2-4-11-18)30-16-19(27)15-26-24(28)21-13-7-8-14-22(21)25(26)29/h2-12,19,21-23,27H,13-16H2,1H3/t19-,21+,22+,23-/m1/s1. The van der Waals surface area contributed by atoms with E-state index in [1.165, 1.54) is 4.90 Å². The fraction of sp³-hybridized carbons (Fsp3) is 0.360. The molecule has 0 aromatic heterocycles. The third-order valence-electron chi connectivity index (χ3n) is 6.02. The molecule has 0 unspecified atom stereocenters. The van der Waals surface area contributed by atoms with E-state index in [1.807, 2.05) is 73.7 Å². The van der Waals surface area contributed by atoms with Gasteiger partial charge < -0.3 is 9.84 Å². The molecule has 1 aliphatic carbocycles. The second kappa shape index (κ2) is 8.94. The number of aryl methyl sites for hydroxylation is 1. The van der Waals surface area contributed by atoms with Crippen LogP contribution in [0.5, 0.6) is 0 Å². The summed E-state index contributed by atoms with van der Waals surface area (Å²) in [6.07, 6.45) is 3.84. The molecule has 2 aliphatic rings. The molecule has 1 fully saturated rings. The molecule has 0 saturated carbocycles. The van der Waals surface area contributed by atoms with Gasteiger partial charge in [0.15, 0.2) is 0 Å². The molecule has 2 aromatic rings. The lowest BCUT2D eigenvalue weighted by Gasteiger charge is -2.24. The molecule has 1 aliphatic heterocycles. The summed E-state index contributed by atoms with van der Waals surface area (Å²) in [7, 11) is 0. The number of benzene rings is 2. The number of hydrogen-bond acceptors (Lipinski definition) is 4. The molecular formula is C25H27NO4. The first kappa shape index (κ1) is 20.5. The highest BCUT2D eigenvalue weighted by Gasteiger charge is 2.47. The summed E-state index contributed by atoms with van der Waals surface area (Å²) >= 11 is 0. The van der Waals surface area contributed by atoms with Crippen molar-refractivity contribution in [2.75, 3.05) is 13.2 Å². The van der Waals surface area contributed by atoms with Crippen molar-refractivity contribution in [1.82, 2.24) is 4.90 Å². The largest absolute Gasteiger partial charge is 0.389 e. The number of rotatable bonds is 7. The predicted octanol–water partition coefficient (Wildman–Crippen LogP) is 3.41. The molecule has 5 nitrogen and oxygen atoms in total. The number of likely N-dealkylation sites (tertiary alicyclic amines) is 1. The topological polar surface area (TPSA) is 66.8 Å². The van der Waals surface area contributed by atoms with Crippen LogP contribution < -0.4 is 0 Å². The Bertz CT molecular complexity index is 913. The van der Waals surface area contributed by atoms with Crippen LogP contribution in [0.15, 0.2) is 66.7 Å². The summed E-state index contributed by atoms with van der Waals surface area (Å²) in [5, 5.41) is 10.6. The van der Waals surface area contributed by atoms with Crippen LogP contribution in [0.25, 0.3) is 0 Å². The Morgan fingerprint density at radius 2 is 1.57 bits per heavy atom. The zero-order valence-electron chi connectivity index (χ0n) is 17.1. The van der Waals surface area contributed by atoms with Crippen molar-refractivity contribution in [3.05, 3.63) is 83.4 Å². The van der Waals surface area contributed by atoms with Gasteiger partial charge >= 0.3 is 0 Å². The fourth-order valence-electron chi connectivity index (χ4n) is 4.39. The summed E-state index contributed by atoms with van der Waals surface area (Å²) in [4.78, 5) is 26.5. The van der Waals surface area contributed by atoms with Crippen molar-refractivity contribution in [1.29, 1.82) is 0 Å². The minimum absolute atomic E-state index is 0.0263. The van der Waals surface area contributed by atoms with E-state index in [4.69, 9.17) is 4.74 Å². The third kappa shape index (κ3) is 4.09. The van der Waals surface area contributed by atoms with Crippen molar-refractivity contribution >= 4 is 11.8 Å². The highest BCUT2D eigenvalue weighted by molar-refractivity contribution is 6.05. The van der Waals surface area contributed by atoms with Crippen molar-refractivity contribution in [3.8, 4) is 0 Å². The van der Waals surface area contributed by atoms with E-state index in [2.05, 4.69) is 0 Å². The fourth-order valence-corrected chi connectivity index (χ4v) is 4.39. The van der Waals surface area contributed by atoms with Crippen LogP contribution in [0.1, 0.15) is 35.6 Å². The van der Waals surface area contributed by atoms with Crippen LogP contribution in [0.3, 0.4) is 0 Å². The van der Waals surface area contributed by atoms with Crippen LogP contribution in [-0.4, -0.2) is 41.1 Å². The maximum Gasteiger partial charge on any atom is 0.233 e. The van der Waals surface area contributed by atoms with Crippen molar-refractivity contribution in [3.63, 3.8) is 0 Å². The van der Waals surface area contributed by atoms with Gasteiger partial charge in [0.2, 0.25) is 11.8 Å². The Kier molecular flexibility index (Phi) is 6.11. The average Bonchev–Trinajstić information content (AvgIpc) is 3.01. The van der Waals surface area contributed by atoms with Gasteiger partial charge in [-0.2, -0.15) is 0 Å². The van der Waals surface area contributed by atoms with Crippen LogP contribution in [-0.2, 0) is 14.3 Å². The Balaban J connectivity index is 1.44. The minimum atomic E-state index is -0.943. The normalized spacial score (nSPS) is 22.8. The van der Waals surface area contributed by atoms with Gasteiger partial charge in [0, 0.05) is 0 Å². The van der Waals surface area contributed by atoms with Gasteiger partial charge in [0.25, 0.3) is 0 Å². The minimum Gasteiger partial charge on any atom is -0.389 e. The number of ether oxygens (including phenoxy) is 1. The molecule has 0 radical (unpaired) electrons. The second-order valence-corrected chi connectivity index (χ2v) is 8.08. The Hall–Kier alpha value is -2.76. The quantitative estimate of drug-likeness (QED) is 0.566. The van der Waals surface area contributed by atoms with Crippen LogP contribution in [0.2, 0.25) is 0 Å². The van der Waals surface area contributed by atoms with E-state index < -0.39 is 6.10 Å². The molecule has 30 heavy (non-hydrogen) atoms. The number of amides is 2. The van der Waals surface area contributed by atoms with Gasteiger partial charge in [-0.15, -0.1) is 0 Å².